The average Bonchev–Trinajstić information content (AvgIpc) is 3.63. The van der Waals surface area contributed by atoms with Crippen LogP contribution in [0.5, 0.6) is 0 Å². The summed E-state index contributed by atoms with van der Waals surface area (Å²) in [5.74, 6) is 0. The molecule has 1 nitrogen and oxygen atoms in total. The number of hydrogen-bond acceptors (Lipinski definition) is 1. The van der Waals surface area contributed by atoms with Crippen molar-refractivity contribution in [3.63, 3.8) is 0 Å². The smallest absolute Gasteiger partial charge is 0.0467 e. The average molecular weight is 748 g/mol. The maximum absolute atomic E-state index is 2.39. The molecule has 0 unspecified atom stereocenters. The van der Waals surface area contributed by atoms with Crippen LogP contribution in [0.2, 0.25) is 0 Å². The Balaban J connectivity index is 0.970. The van der Waals surface area contributed by atoms with Crippen molar-refractivity contribution in [1.29, 1.82) is 0 Å². The molecular weight excluding hydrogens is 711 g/mol. The molecule has 0 N–H and O–H groups in total. The molecule has 0 amide bonds. The summed E-state index contributed by atoms with van der Waals surface area (Å²) in [6, 6.07) is 82.6. The van der Waals surface area contributed by atoms with E-state index in [2.05, 4.69) is 229 Å². The van der Waals surface area contributed by atoms with Gasteiger partial charge in [-0.25, -0.2) is 0 Å². The second kappa shape index (κ2) is 13.4. The van der Waals surface area contributed by atoms with Gasteiger partial charge in [-0.1, -0.05) is 170 Å². The van der Waals surface area contributed by atoms with Gasteiger partial charge in [-0.3, -0.25) is 0 Å². The van der Waals surface area contributed by atoms with Crippen molar-refractivity contribution < 1.29 is 0 Å². The van der Waals surface area contributed by atoms with Gasteiger partial charge in [0, 0.05) is 17.1 Å². The molecular formula is C58H37N. The zero-order chi connectivity index (χ0) is 38.9. The molecule has 0 spiro atoms. The predicted octanol–water partition coefficient (Wildman–Crippen LogP) is 16.4. The summed E-state index contributed by atoms with van der Waals surface area (Å²) in [5, 5.41) is 10.2. The quantitative estimate of drug-likeness (QED) is 0.153. The number of rotatable bonds is 6. The van der Waals surface area contributed by atoms with Crippen LogP contribution in [0.3, 0.4) is 0 Å². The van der Waals surface area contributed by atoms with Crippen LogP contribution in [-0.4, -0.2) is 0 Å². The van der Waals surface area contributed by atoms with Gasteiger partial charge in [-0.05, 0) is 153 Å². The first kappa shape index (κ1) is 33.4. The van der Waals surface area contributed by atoms with E-state index >= 15 is 0 Å². The van der Waals surface area contributed by atoms with Gasteiger partial charge in [0.05, 0.1) is 0 Å². The van der Waals surface area contributed by atoms with Gasteiger partial charge in [-0.2, -0.15) is 0 Å². The normalized spacial score (nSPS) is 11.7. The lowest BCUT2D eigenvalue weighted by Gasteiger charge is -2.26. The molecule has 0 fully saturated rings. The topological polar surface area (TPSA) is 3.24 Å². The van der Waals surface area contributed by atoms with Gasteiger partial charge in [0.1, 0.15) is 0 Å². The molecule has 1 aliphatic rings. The zero-order valence-electron chi connectivity index (χ0n) is 32.3. The first-order chi connectivity index (χ1) is 29.2. The number of hydrogen-bond donors (Lipinski definition) is 0. The summed E-state index contributed by atoms with van der Waals surface area (Å²) in [6.07, 6.45) is 0. The maximum atomic E-state index is 2.39. The molecule has 274 valence electrons. The standard InChI is InChI=1S/C58H37N/c1-3-16-50-39(10-1)12-8-20-51(50)41-28-32-48(33-29-41)59(49-15-7-13-43(35-49)44-25-24-42-23-22-40-11-2-4-17-52(40)56(42)36-44)47-30-26-38(27-31-47)46-34-45-14-9-21-55-53-18-5-6-19-54(53)57(37-46)58(45)55/h1-37H. The molecule has 0 atom stereocenters. The van der Waals surface area contributed by atoms with Crippen LogP contribution in [0.25, 0.3) is 98.7 Å². The molecule has 0 bridgehead atoms. The SMILES string of the molecule is c1cc(-c2ccc3ccc4ccccc4c3c2)cc(N(c2ccc(-c3cc4c5c(cccc5c3)-c3ccccc3-4)cc2)c2ccc(-c3cccc4ccccc34)cc2)c1. The lowest BCUT2D eigenvalue weighted by molar-refractivity contribution is 1.28. The second-order valence-corrected chi connectivity index (χ2v) is 15.7. The molecule has 11 aromatic carbocycles. The third-order valence-electron chi connectivity index (χ3n) is 12.4. The van der Waals surface area contributed by atoms with Crippen molar-refractivity contribution in [3.8, 4) is 55.6 Å². The Labute approximate surface area is 343 Å². The zero-order valence-corrected chi connectivity index (χ0v) is 32.3. The van der Waals surface area contributed by atoms with E-state index in [-0.39, 0.29) is 0 Å². The first-order valence-corrected chi connectivity index (χ1v) is 20.4. The molecule has 0 saturated heterocycles. The molecule has 0 saturated carbocycles. The highest BCUT2D eigenvalue weighted by Crippen LogP contribution is 2.49. The number of benzene rings is 11. The summed E-state index contributed by atoms with van der Waals surface area (Å²) in [6.45, 7) is 0. The molecule has 1 aliphatic carbocycles. The number of nitrogens with zero attached hydrogens (tertiary/aromatic N) is 1. The van der Waals surface area contributed by atoms with Crippen LogP contribution < -0.4 is 4.90 Å². The summed E-state index contributed by atoms with van der Waals surface area (Å²) in [7, 11) is 0. The van der Waals surface area contributed by atoms with E-state index < -0.39 is 0 Å². The van der Waals surface area contributed by atoms with Crippen LogP contribution in [0.4, 0.5) is 17.1 Å². The summed E-state index contributed by atoms with van der Waals surface area (Å²) < 4.78 is 0. The van der Waals surface area contributed by atoms with E-state index in [9.17, 15) is 0 Å². The highest BCUT2D eigenvalue weighted by atomic mass is 15.1. The second-order valence-electron chi connectivity index (χ2n) is 15.7. The van der Waals surface area contributed by atoms with Gasteiger partial charge >= 0.3 is 0 Å². The lowest BCUT2D eigenvalue weighted by Crippen LogP contribution is -2.10. The van der Waals surface area contributed by atoms with E-state index in [1.165, 1.54) is 98.7 Å². The minimum Gasteiger partial charge on any atom is -0.310 e. The number of fused-ring (bicyclic) bond motifs is 7. The lowest BCUT2D eigenvalue weighted by atomic mass is 9.95. The molecule has 12 rings (SSSR count). The highest BCUT2D eigenvalue weighted by Gasteiger charge is 2.22. The van der Waals surface area contributed by atoms with E-state index in [1.807, 2.05) is 0 Å². The van der Waals surface area contributed by atoms with E-state index in [0.29, 0.717) is 0 Å². The van der Waals surface area contributed by atoms with Crippen molar-refractivity contribution in [2.24, 2.45) is 0 Å². The Morgan fingerprint density at radius 2 is 0.746 bits per heavy atom. The summed E-state index contributed by atoms with van der Waals surface area (Å²) >= 11 is 0. The van der Waals surface area contributed by atoms with E-state index in [1.54, 1.807) is 0 Å². The Morgan fingerprint density at radius 3 is 1.53 bits per heavy atom. The van der Waals surface area contributed by atoms with Crippen molar-refractivity contribution in [2.75, 3.05) is 4.90 Å². The fraction of sp³-hybridized carbons (Fsp3) is 0. The van der Waals surface area contributed by atoms with Crippen molar-refractivity contribution in [2.45, 2.75) is 0 Å². The molecule has 1 heteroatoms. The highest BCUT2D eigenvalue weighted by molar-refractivity contribution is 6.16. The molecule has 0 heterocycles. The Bertz CT molecular complexity index is 3420. The van der Waals surface area contributed by atoms with Gasteiger partial charge in [0.2, 0.25) is 0 Å². The largest absolute Gasteiger partial charge is 0.310 e. The molecule has 0 aromatic heterocycles. The fourth-order valence-corrected chi connectivity index (χ4v) is 9.51. The number of anilines is 3. The fourth-order valence-electron chi connectivity index (χ4n) is 9.51. The van der Waals surface area contributed by atoms with E-state index in [4.69, 9.17) is 0 Å². The summed E-state index contributed by atoms with van der Waals surface area (Å²) in [4.78, 5) is 2.39. The van der Waals surface area contributed by atoms with Gasteiger partial charge in [0.15, 0.2) is 0 Å². The van der Waals surface area contributed by atoms with Crippen molar-refractivity contribution in [3.05, 3.63) is 224 Å². The van der Waals surface area contributed by atoms with Gasteiger partial charge in [-0.15, -0.1) is 0 Å². The molecule has 11 aromatic rings. The predicted molar refractivity (Wildman–Crippen MR) is 252 cm³/mol. The van der Waals surface area contributed by atoms with Crippen LogP contribution in [0.1, 0.15) is 0 Å². The van der Waals surface area contributed by atoms with Gasteiger partial charge in [0.25, 0.3) is 0 Å². The molecule has 0 radical (unpaired) electrons. The molecule has 0 aliphatic heterocycles. The van der Waals surface area contributed by atoms with Crippen molar-refractivity contribution >= 4 is 60.2 Å². The Kier molecular flexibility index (Phi) is 7.61. The van der Waals surface area contributed by atoms with Crippen LogP contribution >= 0.6 is 0 Å². The minimum atomic E-state index is 1.10. The molecule has 59 heavy (non-hydrogen) atoms. The maximum Gasteiger partial charge on any atom is 0.0467 e. The van der Waals surface area contributed by atoms with Crippen LogP contribution in [-0.2, 0) is 0 Å². The summed E-state index contributed by atoms with van der Waals surface area (Å²) in [5.41, 5.74) is 15.8. The van der Waals surface area contributed by atoms with E-state index in [0.717, 1.165) is 17.1 Å². The monoisotopic (exact) mass is 747 g/mol. The van der Waals surface area contributed by atoms with Crippen LogP contribution in [0.15, 0.2) is 224 Å². The third kappa shape index (κ3) is 5.55. The Hall–Kier alpha value is -7.74. The van der Waals surface area contributed by atoms with Gasteiger partial charge < -0.3 is 4.90 Å². The van der Waals surface area contributed by atoms with Crippen LogP contribution in [0, 0.1) is 0 Å². The Morgan fingerprint density at radius 1 is 0.220 bits per heavy atom. The third-order valence-corrected chi connectivity index (χ3v) is 12.4. The first-order valence-electron chi connectivity index (χ1n) is 20.4. The van der Waals surface area contributed by atoms with Crippen molar-refractivity contribution in [1.82, 2.24) is 0 Å². The minimum absolute atomic E-state index is 1.10.